The van der Waals surface area contributed by atoms with E-state index < -0.39 is 0 Å². The molecule has 27 heavy (non-hydrogen) atoms. The number of benzene rings is 2. The maximum absolute atomic E-state index is 12.5. The number of halogens is 1. The van der Waals surface area contributed by atoms with Crippen molar-refractivity contribution in [3.8, 4) is 0 Å². The van der Waals surface area contributed by atoms with E-state index in [1.807, 2.05) is 36.4 Å². The van der Waals surface area contributed by atoms with E-state index in [1.165, 1.54) is 5.56 Å². The third kappa shape index (κ3) is 5.70. The van der Waals surface area contributed by atoms with E-state index >= 15 is 0 Å². The molecule has 6 heteroatoms. The van der Waals surface area contributed by atoms with Crippen molar-refractivity contribution in [2.24, 2.45) is 0 Å². The Hall–Kier alpha value is -2.08. The Kier molecular flexibility index (Phi) is 7.10. The molecular formula is C21H26ClN3O2. The molecule has 1 fully saturated rings. The van der Waals surface area contributed by atoms with E-state index in [-0.39, 0.29) is 6.03 Å². The highest BCUT2D eigenvalue weighted by Gasteiger charge is 2.14. The second-order valence-electron chi connectivity index (χ2n) is 6.76. The molecule has 0 atom stereocenters. The number of hydrogen-bond acceptors (Lipinski definition) is 3. The maximum Gasteiger partial charge on any atom is 0.317 e. The molecule has 0 unspecified atom stereocenters. The third-order valence-electron chi connectivity index (χ3n) is 4.76. The molecule has 0 spiro atoms. The number of carbonyl (C=O) groups is 1. The van der Waals surface area contributed by atoms with Crippen molar-refractivity contribution >= 4 is 17.6 Å². The smallest absolute Gasteiger partial charge is 0.317 e. The predicted molar refractivity (Wildman–Crippen MR) is 108 cm³/mol. The van der Waals surface area contributed by atoms with Crippen molar-refractivity contribution in [1.82, 2.24) is 15.1 Å². The summed E-state index contributed by atoms with van der Waals surface area (Å²) in [7, 11) is 1.78. The average molecular weight is 388 g/mol. The number of morpholine rings is 1. The molecule has 2 aromatic carbocycles. The lowest BCUT2D eigenvalue weighted by Gasteiger charge is -2.27. The number of rotatable bonds is 6. The fourth-order valence-corrected chi connectivity index (χ4v) is 3.34. The van der Waals surface area contributed by atoms with E-state index in [1.54, 1.807) is 11.9 Å². The number of carbonyl (C=O) groups excluding carboxylic acids is 1. The molecule has 1 aliphatic rings. The van der Waals surface area contributed by atoms with Gasteiger partial charge in [-0.15, -0.1) is 0 Å². The van der Waals surface area contributed by atoms with Gasteiger partial charge in [-0.2, -0.15) is 0 Å². The van der Waals surface area contributed by atoms with Crippen LogP contribution in [0.5, 0.6) is 0 Å². The third-order valence-corrected chi connectivity index (χ3v) is 5.13. The molecule has 5 nitrogen and oxygen atoms in total. The molecule has 144 valence electrons. The molecular weight excluding hydrogens is 362 g/mol. The Morgan fingerprint density at radius 2 is 1.70 bits per heavy atom. The summed E-state index contributed by atoms with van der Waals surface area (Å²) in [6, 6.07) is 15.7. The van der Waals surface area contributed by atoms with Crippen LogP contribution < -0.4 is 5.32 Å². The monoisotopic (exact) mass is 387 g/mol. The number of nitrogens with zero attached hydrogens (tertiary/aromatic N) is 2. The van der Waals surface area contributed by atoms with Crippen LogP contribution in [0.1, 0.15) is 16.7 Å². The van der Waals surface area contributed by atoms with Crippen molar-refractivity contribution in [2.75, 3.05) is 33.4 Å². The van der Waals surface area contributed by atoms with Crippen LogP contribution in [-0.2, 0) is 24.4 Å². The summed E-state index contributed by atoms with van der Waals surface area (Å²) in [4.78, 5) is 16.5. The molecule has 0 radical (unpaired) electrons. The number of ether oxygens (including phenoxy) is 1. The van der Waals surface area contributed by atoms with Gasteiger partial charge in [0.2, 0.25) is 0 Å². The van der Waals surface area contributed by atoms with Gasteiger partial charge in [-0.05, 0) is 22.8 Å². The zero-order chi connectivity index (χ0) is 19.1. The zero-order valence-corrected chi connectivity index (χ0v) is 16.4. The minimum Gasteiger partial charge on any atom is -0.379 e. The molecule has 2 aromatic rings. The van der Waals surface area contributed by atoms with Gasteiger partial charge in [-0.3, -0.25) is 4.90 Å². The molecule has 1 heterocycles. The predicted octanol–water partition coefficient (Wildman–Crippen LogP) is 3.51. The lowest BCUT2D eigenvalue weighted by molar-refractivity contribution is 0.0341. The summed E-state index contributed by atoms with van der Waals surface area (Å²) in [5.41, 5.74) is 3.32. The minimum absolute atomic E-state index is 0.115. The summed E-state index contributed by atoms with van der Waals surface area (Å²) in [6.45, 7) is 5.32. The number of urea groups is 1. The van der Waals surface area contributed by atoms with Crippen LogP contribution in [0, 0.1) is 0 Å². The van der Waals surface area contributed by atoms with Crippen LogP contribution in [0.15, 0.2) is 48.5 Å². The summed E-state index contributed by atoms with van der Waals surface area (Å²) in [6.07, 6.45) is 0. The SMILES string of the molecule is CN(Cc1ccccc1Cl)C(=O)NCc1ccccc1CN1CCOCC1. The quantitative estimate of drug-likeness (QED) is 0.824. The molecule has 3 rings (SSSR count). The average Bonchev–Trinajstić information content (AvgIpc) is 2.69. The molecule has 0 saturated carbocycles. The summed E-state index contributed by atoms with van der Waals surface area (Å²) >= 11 is 6.19. The summed E-state index contributed by atoms with van der Waals surface area (Å²) in [5, 5.41) is 3.69. The van der Waals surface area contributed by atoms with Gasteiger partial charge < -0.3 is 15.0 Å². The van der Waals surface area contributed by atoms with E-state index in [4.69, 9.17) is 16.3 Å². The highest BCUT2D eigenvalue weighted by Crippen LogP contribution is 2.17. The van der Waals surface area contributed by atoms with Gasteiger partial charge in [-0.1, -0.05) is 54.1 Å². The lowest BCUT2D eigenvalue weighted by atomic mass is 10.1. The normalized spacial score (nSPS) is 14.7. The topological polar surface area (TPSA) is 44.8 Å². The van der Waals surface area contributed by atoms with Gasteiger partial charge in [0.05, 0.1) is 13.2 Å². The van der Waals surface area contributed by atoms with Crippen molar-refractivity contribution in [3.05, 3.63) is 70.2 Å². The van der Waals surface area contributed by atoms with E-state index in [0.717, 1.165) is 44.0 Å². The molecule has 0 bridgehead atoms. The Labute approximate surface area is 165 Å². The Bertz CT molecular complexity index is 763. The van der Waals surface area contributed by atoms with Crippen LogP contribution in [0.25, 0.3) is 0 Å². The zero-order valence-electron chi connectivity index (χ0n) is 15.7. The maximum atomic E-state index is 12.5. The second-order valence-corrected chi connectivity index (χ2v) is 7.17. The van der Waals surface area contributed by atoms with Gasteiger partial charge in [0.25, 0.3) is 0 Å². The van der Waals surface area contributed by atoms with Gasteiger partial charge in [0.1, 0.15) is 0 Å². The molecule has 1 saturated heterocycles. The van der Waals surface area contributed by atoms with Crippen LogP contribution in [0.4, 0.5) is 4.79 Å². The van der Waals surface area contributed by atoms with Crippen LogP contribution >= 0.6 is 11.6 Å². The fraction of sp³-hybridized carbons (Fsp3) is 0.381. The Balaban J connectivity index is 1.56. The number of nitrogens with one attached hydrogen (secondary N) is 1. The van der Waals surface area contributed by atoms with Gasteiger partial charge in [0, 0.05) is 44.8 Å². The van der Waals surface area contributed by atoms with Crippen LogP contribution in [0.3, 0.4) is 0 Å². The van der Waals surface area contributed by atoms with Crippen molar-refractivity contribution in [2.45, 2.75) is 19.6 Å². The largest absolute Gasteiger partial charge is 0.379 e. The second kappa shape index (κ2) is 9.74. The number of amides is 2. The Morgan fingerprint density at radius 1 is 1.07 bits per heavy atom. The van der Waals surface area contributed by atoms with Gasteiger partial charge in [-0.25, -0.2) is 4.79 Å². The summed E-state index contributed by atoms with van der Waals surface area (Å²) < 4.78 is 5.42. The minimum atomic E-state index is -0.115. The van der Waals surface area contributed by atoms with Crippen LogP contribution in [-0.4, -0.2) is 49.2 Å². The first kappa shape index (κ1) is 19.7. The molecule has 1 aliphatic heterocycles. The first-order chi connectivity index (χ1) is 13.1. The van der Waals surface area contributed by atoms with Crippen molar-refractivity contribution < 1.29 is 9.53 Å². The van der Waals surface area contributed by atoms with E-state index in [0.29, 0.717) is 18.1 Å². The highest BCUT2D eigenvalue weighted by atomic mass is 35.5. The molecule has 2 amide bonds. The van der Waals surface area contributed by atoms with E-state index in [9.17, 15) is 4.79 Å². The molecule has 0 aliphatic carbocycles. The van der Waals surface area contributed by atoms with Gasteiger partial charge >= 0.3 is 6.03 Å². The van der Waals surface area contributed by atoms with Gasteiger partial charge in [0.15, 0.2) is 0 Å². The Morgan fingerprint density at radius 3 is 2.41 bits per heavy atom. The first-order valence-electron chi connectivity index (χ1n) is 9.23. The molecule has 0 aromatic heterocycles. The lowest BCUT2D eigenvalue weighted by Crippen LogP contribution is -2.37. The number of hydrogen-bond donors (Lipinski definition) is 1. The van der Waals surface area contributed by atoms with Crippen molar-refractivity contribution in [1.29, 1.82) is 0 Å². The highest BCUT2D eigenvalue weighted by molar-refractivity contribution is 6.31. The summed E-state index contributed by atoms with van der Waals surface area (Å²) in [5.74, 6) is 0. The standard InChI is InChI=1S/C21H26ClN3O2/c1-24(15-19-8-4-5-9-20(19)22)21(26)23-14-17-6-2-3-7-18(17)16-25-10-12-27-13-11-25/h2-9H,10-16H2,1H3,(H,23,26). The van der Waals surface area contributed by atoms with E-state index in [2.05, 4.69) is 22.3 Å². The molecule has 1 N–H and O–H groups in total. The van der Waals surface area contributed by atoms with Crippen molar-refractivity contribution in [3.63, 3.8) is 0 Å². The fourth-order valence-electron chi connectivity index (χ4n) is 3.14. The first-order valence-corrected chi connectivity index (χ1v) is 9.60. The van der Waals surface area contributed by atoms with Crippen LogP contribution in [0.2, 0.25) is 5.02 Å².